The molecule has 1 aliphatic rings. The van der Waals surface area contributed by atoms with E-state index in [4.69, 9.17) is 0 Å². The van der Waals surface area contributed by atoms with Crippen molar-refractivity contribution in [3.05, 3.63) is 83.7 Å². The van der Waals surface area contributed by atoms with E-state index in [-0.39, 0.29) is 18.9 Å². The van der Waals surface area contributed by atoms with Gasteiger partial charge in [0, 0.05) is 24.4 Å². The van der Waals surface area contributed by atoms with Crippen molar-refractivity contribution in [3.63, 3.8) is 0 Å². The first-order valence-electron chi connectivity index (χ1n) is 9.85. The number of benzene rings is 2. The van der Waals surface area contributed by atoms with Crippen molar-refractivity contribution in [2.45, 2.75) is 26.8 Å². The number of aromatic nitrogens is 1. The van der Waals surface area contributed by atoms with Gasteiger partial charge >= 0.3 is 6.03 Å². The Labute approximate surface area is 175 Å². The quantitative estimate of drug-likeness (QED) is 0.595. The third kappa shape index (κ3) is 3.85. The summed E-state index contributed by atoms with van der Waals surface area (Å²) in [7, 11) is 0. The van der Waals surface area contributed by atoms with Crippen molar-refractivity contribution in [1.29, 1.82) is 0 Å². The fourth-order valence-electron chi connectivity index (χ4n) is 3.38. The molecule has 0 unspecified atom stereocenters. The molecule has 1 aliphatic heterocycles. The van der Waals surface area contributed by atoms with Gasteiger partial charge < -0.3 is 0 Å². The number of hydrazone groups is 1. The number of amides is 3. The lowest BCUT2D eigenvalue weighted by atomic mass is 9.99. The lowest BCUT2D eigenvalue weighted by Gasteiger charge is -2.33. The molecule has 0 N–H and O–H groups in total. The van der Waals surface area contributed by atoms with Crippen LogP contribution in [0.25, 0.3) is 11.1 Å². The molecule has 0 fully saturated rings. The number of urea groups is 1. The number of carbonyl (C=O) groups is 2. The highest BCUT2D eigenvalue weighted by Crippen LogP contribution is 2.33. The Morgan fingerprint density at radius 2 is 1.90 bits per heavy atom. The normalized spacial score (nSPS) is 13.6. The van der Waals surface area contributed by atoms with E-state index >= 15 is 0 Å². The van der Waals surface area contributed by atoms with Gasteiger partial charge in [0.1, 0.15) is 0 Å². The number of pyridine rings is 1. The Morgan fingerprint density at radius 3 is 2.60 bits per heavy atom. The minimum absolute atomic E-state index is 0.227. The second-order valence-electron chi connectivity index (χ2n) is 7.16. The van der Waals surface area contributed by atoms with Crippen LogP contribution in [0.2, 0.25) is 0 Å². The lowest BCUT2D eigenvalue weighted by Crippen LogP contribution is -2.47. The van der Waals surface area contributed by atoms with Crippen LogP contribution in [0.1, 0.15) is 30.0 Å². The van der Waals surface area contributed by atoms with Crippen molar-refractivity contribution >= 4 is 23.8 Å². The van der Waals surface area contributed by atoms with E-state index in [1.54, 1.807) is 31.6 Å². The van der Waals surface area contributed by atoms with Gasteiger partial charge in [-0.1, -0.05) is 48.9 Å². The maximum Gasteiger partial charge on any atom is 0.352 e. The molecule has 3 aromatic rings. The molecule has 30 heavy (non-hydrogen) atoms. The summed E-state index contributed by atoms with van der Waals surface area (Å²) in [5.74, 6) is -0.259. The van der Waals surface area contributed by atoms with Crippen molar-refractivity contribution in [1.82, 2.24) is 9.99 Å². The molecule has 1 aromatic heterocycles. The number of aryl methyl sites for hydroxylation is 1. The first kappa shape index (κ1) is 19.5. The first-order chi connectivity index (χ1) is 14.6. The molecule has 0 spiro atoms. The molecule has 2 heterocycles. The van der Waals surface area contributed by atoms with Gasteiger partial charge in [-0.15, -0.1) is 0 Å². The van der Waals surface area contributed by atoms with E-state index in [2.05, 4.69) is 41.3 Å². The van der Waals surface area contributed by atoms with Crippen molar-refractivity contribution in [2.24, 2.45) is 5.10 Å². The van der Waals surface area contributed by atoms with Crippen molar-refractivity contribution in [3.8, 4) is 11.1 Å². The van der Waals surface area contributed by atoms with Gasteiger partial charge in [-0.2, -0.15) is 5.10 Å². The largest absolute Gasteiger partial charge is 0.352 e. The number of carbonyl (C=O) groups excluding carboxylic acids is 2. The summed E-state index contributed by atoms with van der Waals surface area (Å²) in [5, 5.41) is 5.66. The van der Waals surface area contributed by atoms with Crippen LogP contribution >= 0.6 is 0 Å². The second-order valence-corrected chi connectivity index (χ2v) is 7.16. The summed E-state index contributed by atoms with van der Waals surface area (Å²) in [6, 6.07) is 17.3. The van der Waals surface area contributed by atoms with E-state index in [9.17, 15) is 9.59 Å². The molecule has 0 aliphatic carbocycles. The zero-order valence-corrected chi connectivity index (χ0v) is 16.9. The van der Waals surface area contributed by atoms with Gasteiger partial charge in [-0.25, -0.2) is 14.7 Å². The summed E-state index contributed by atoms with van der Waals surface area (Å²) in [6.07, 6.45) is 5.14. The Morgan fingerprint density at radius 1 is 1.13 bits per heavy atom. The molecule has 2 aromatic carbocycles. The average molecular weight is 398 g/mol. The van der Waals surface area contributed by atoms with Crippen LogP contribution in [-0.2, 0) is 11.3 Å². The minimum atomic E-state index is -0.447. The molecule has 0 saturated heterocycles. The van der Waals surface area contributed by atoms with Crippen molar-refractivity contribution in [2.75, 3.05) is 4.90 Å². The van der Waals surface area contributed by atoms with E-state index in [1.165, 1.54) is 15.5 Å². The van der Waals surface area contributed by atoms with Gasteiger partial charge in [0.2, 0.25) is 5.91 Å². The first-order valence-corrected chi connectivity index (χ1v) is 9.85. The van der Waals surface area contributed by atoms with E-state index in [0.717, 1.165) is 22.3 Å². The fraction of sp³-hybridized carbons (Fsp3) is 0.167. The highest BCUT2D eigenvalue weighted by molar-refractivity contribution is 6.15. The molecule has 0 bridgehead atoms. The zero-order valence-electron chi connectivity index (χ0n) is 16.9. The lowest BCUT2D eigenvalue weighted by molar-refractivity contribution is -0.117. The van der Waals surface area contributed by atoms with Crippen LogP contribution < -0.4 is 4.90 Å². The van der Waals surface area contributed by atoms with Gasteiger partial charge in [-0.3, -0.25) is 9.78 Å². The topological polar surface area (TPSA) is 65.9 Å². The number of rotatable bonds is 4. The molecular weight excluding hydrogens is 376 g/mol. The summed E-state index contributed by atoms with van der Waals surface area (Å²) < 4.78 is 0. The number of anilines is 1. The second kappa shape index (κ2) is 8.29. The van der Waals surface area contributed by atoms with Gasteiger partial charge in [-0.05, 0) is 41.8 Å². The molecule has 6 nitrogen and oxygen atoms in total. The molecule has 6 heteroatoms. The van der Waals surface area contributed by atoms with Crippen LogP contribution in [-0.4, -0.2) is 28.1 Å². The maximum atomic E-state index is 13.0. The molecule has 0 saturated carbocycles. The van der Waals surface area contributed by atoms with Gasteiger partial charge in [0.05, 0.1) is 18.4 Å². The monoisotopic (exact) mass is 398 g/mol. The number of hydrogen-bond donors (Lipinski definition) is 0. The molecular formula is C24H22N4O2. The summed E-state index contributed by atoms with van der Waals surface area (Å²) in [6.45, 7) is 4.08. The van der Waals surface area contributed by atoms with Gasteiger partial charge in [0.15, 0.2) is 0 Å². The standard InChI is InChI=1S/C24H22N4O2/c1-3-23(29)28-22-11-10-20(19-8-6-17(2)7-9-19)13-21(22)16-27(24(28)30)26-15-18-5-4-12-25-14-18/h4-15H,3,16H2,1-2H3. The Balaban J connectivity index is 1.72. The number of fused-ring (bicyclic) bond motifs is 1. The van der Waals surface area contributed by atoms with Crippen LogP contribution in [0.15, 0.2) is 72.1 Å². The summed E-state index contributed by atoms with van der Waals surface area (Å²) in [5.41, 5.74) is 5.58. The molecule has 0 radical (unpaired) electrons. The maximum absolute atomic E-state index is 13.0. The van der Waals surface area contributed by atoms with Crippen LogP contribution in [0.5, 0.6) is 0 Å². The minimum Gasteiger partial charge on any atom is -0.274 e. The third-order valence-electron chi connectivity index (χ3n) is 5.02. The predicted octanol–water partition coefficient (Wildman–Crippen LogP) is 4.77. The fourth-order valence-corrected chi connectivity index (χ4v) is 3.38. The SMILES string of the molecule is CCC(=O)N1C(=O)N(N=Cc2cccnc2)Cc2cc(-c3ccc(C)cc3)ccc21. The Bertz CT molecular complexity index is 1110. The van der Waals surface area contributed by atoms with Gasteiger partial charge in [0.25, 0.3) is 0 Å². The van der Waals surface area contributed by atoms with Crippen LogP contribution in [0.3, 0.4) is 0 Å². The van der Waals surface area contributed by atoms with E-state index < -0.39 is 6.03 Å². The number of imide groups is 1. The van der Waals surface area contributed by atoms with E-state index in [0.29, 0.717) is 5.69 Å². The number of hydrogen-bond acceptors (Lipinski definition) is 4. The smallest absolute Gasteiger partial charge is 0.274 e. The Kier molecular flexibility index (Phi) is 5.39. The van der Waals surface area contributed by atoms with Crippen LogP contribution in [0.4, 0.5) is 10.5 Å². The molecule has 0 atom stereocenters. The van der Waals surface area contributed by atoms with Crippen LogP contribution in [0, 0.1) is 6.92 Å². The average Bonchev–Trinajstić information content (AvgIpc) is 2.78. The third-order valence-corrected chi connectivity index (χ3v) is 5.02. The Hall–Kier alpha value is -3.80. The molecule has 4 rings (SSSR count). The number of nitrogens with zero attached hydrogens (tertiary/aromatic N) is 4. The molecule has 150 valence electrons. The zero-order chi connectivity index (χ0) is 21.1. The molecule has 3 amide bonds. The highest BCUT2D eigenvalue weighted by atomic mass is 16.2. The summed E-state index contributed by atoms with van der Waals surface area (Å²) >= 11 is 0. The van der Waals surface area contributed by atoms with Crippen molar-refractivity contribution < 1.29 is 9.59 Å². The summed E-state index contributed by atoms with van der Waals surface area (Å²) in [4.78, 5) is 30.8. The highest BCUT2D eigenvalue weighted by Gasteiger charge is 2.34. The predicted molar refractivity (Wildman–Crippen MR) is 117 cm³/mol. The van der Waals surface area contributed by atoms with E-state index in [1.807, 2.05) is 24.3 Å².